The van der Waals surface area contributed by atoms with E-state index in [0.29, 0.717) is 30.0 Å². The van der Waals surface area contributed by atoms with Crippen molar-refractivity contribution in [3.05, 3.63) is 17.0 Å². The highest BCUT2D eigenvalue weighted by molar-refractivity contribution is 7.14. The minimum Gasteiger partial charge on any atom is -0.465 e. The zero-order valence-corrected chi connectivity index (χ0v) is 14.1. The lowest BCUT2D eigenvalue weighted by atomic mass is 10.2. The molecule has 1 aromatic rings. The van der Waals surface area contributed by atoms with E-state index in [2.05, 4.69) is 10.6 Å². The van der Waals surface area contributed by atoms with E-state index in [1.807, 2.05) is 7.05 Å². The number of ether oxygens (including phenoxy) is 1. The van der Waals surface area contributed by atoms with Crippen LogP contribution in [0.2, 0.25) is 0 Å². The van der Waals surface area contributed by atoms with Crippen LogP contribution >= 0.6 is 11.3 Å². The molecule has 2 amide bonds. The molecule has 1 atom stereocenters. The van der Waals surface area contributed by atoms with Crippen molar-refractivity contribution in [2.75, 3.05) is 32.1 Å². The van der Waals surface area contributed by atoms with Crippen molar-refractivity contribution in [2.45, 2.75) is 25.3 Å². The molecule has 0 aliphatic carbocycles. The van der Waals surface area contributed by atoms with Gasteiger partial charge in [-0.25, -0.2) is 4.79 Å². The Morgan fingerprint density at radius 3 is 2.96 bits per heavy atom. The van der Waals surface area contributed by atoms with Crippen LogP contribution in [0.3, 0.4) is 0 Å². The number of methoxy groups -OCH3 is 1. The lowest BCUT2D eigenvalue weighted by molar-refractivity contribution is -0.126. The number of carbonyl (C=O) groups is 3. The van der Waals surface area contributed by atoms with Crippen molar-refractivity contribution in [3.8, 4) is 0 Å². The summed E-state index contributed by atoms with van der Waals surface area (Å²) in [6.07, 6.45) is 1.65. The van der Waals surface area contributed by atoms with Gasteiger partial charge >= 0.3 is 5.97 Å². The molecule has 1 saturated heterocycles. The van der Waals surface area contributed by atoms with Crippen LogP contribution in [0.1, 0.15) is 29.6 Å². The number of anilines is 1. The highest BCUT2D eigenvalue weighted by Gasteiger charge is 2.36. The molecule has 1 aliphatic heterocycles. The molecule has 8 heteroatoms. The first kappa shape index (κ1) is 17.4. The van der Waals surface area contributed by atoms with Crippen LogP contribution < -0.4 is 15.5 Å². The molecule has 2 N–H and O–H groups in total. The normalized spacial score (nSPS) is 17.4. The molecule has 0 aromatic carbocycles. The molecule has 1 aromatic heterocycles. The van der Waals surface area contributed by atoms with Gasteiger partial charge < -0.3 is 20.3 Å². The van der Waals surface area contributed by atoms with Crippen LogP contribution in [0.15, 0.2) is 11.4 Å². The van der Waals surface area contributed by atoms with Crippen LogP contribution in [0.25, 0.3) is 0 Å². The van der Waals surface area contributed by atoms with Gasteiger partial charge in [0.1, 0.15) is 11.0 Å². The van der Waals surface area contributed by atoms with Crippen LogP contribution in [-0.2, 0) is 14.3 Å². The number of thiophene rings is 1. The summed E-state index contributed by atoms with van der Waals surface area (Å²) in [7, 11) is 3.14. The molecule has 0 bridgehead atoms. The lowest BCUT2D eigenvalue weighted by Gasteiger charge is -2.16. The minimum absolute atomic E-state index is 0.125. The number of hydrogen-bond acceptors (Lipinski definition) is 6. The van der Waals surface area contributed by atoms with E-state index < -0.39 is 12.0 Å². The number of amides is 2. The molecule has 1 fully saturated rings. The SMILES string of the molecule is CNCCCC(=O)NC1CCN(c2sccc2C(=O)OC)C1=O. The van der Waals surface area contributed by atoms with Gasteiger partial charge in [-0.1, -0.05) is 0 Å². The van der Waals surface area contributed by atoms with E-state index >= 15 is 0 Å². The van der Waals surface area contributed by atoms with Crippen LogP contribution in [0.4, 0.5) is 5.00 Å². The number of carbonyl (C=O) groups excluding carboxylic acids is 3. The summed E-state index contributed by atoms with van der Waals surface area (Å²) in [5, 5.41) is 8.07. The smallest absolute Gasteiger partial charge is 0.340 e. The van der Waals surface area contributed by atoms with Gasteiger partial charge in [-0.15, -0.1) is 11.3 Å². The fourth-order valence-electron chi connectivity index (χ4n) is 2.48. The monoisotopic (exact) mass is 339 g/mol. The van der Waals surface area contributed by atoms with E-state index in [-0.39, 0.29) is 11.8 Å². The zero-order valence-electron chi connectivity index (χ0n) is 13.3. The predicted octanol–water partition coefficient (Wildman–Crippen LogP) is 0.756. The fourth-order valence-corrected chi connectivity index (χ4v) is 3.40. The average molecular weight is 339 g/mol. The summed E-state index contributed by atoms with van der Waals surface area (Å²) in [5.74, 6) is -0.770. The average Bonchev–Trinajstić information content (AvgIpc) is 3.14. The van der Waals surface area contributed by atoms with Crippen LogP contribution in [0, 0.1) is 0 Å². The Balaban J connectivity index is 1.98. The third-order valence-electron chi connectivity index (χ3n) is 3.67. The number of hydrogen-bond donors (Lipinski definition) is 2. The predicted molar refractivity (Wildman–Crippen MR) is 87.7 cm³/mol. The van der Waals surface area contributed by atoms with Gasteiger partial charge in [0.05, 0.1) is 12.7 Å². The molecule has 23 heavy (non-hydrogen) atoms. The van der Waals surface area contributed by atoms with Crippen LogP contribution in [-0.4, -0.2) is 51.1 Å². The Hall–Kier alpha value is -1.93. The van der Waals surface area contributed by atoms with Gasteiger partial charge in [0, 0.05) is 13.0 Å². The Labute approximate surface area is 139 Å². The maximum absolute atomic E-state index is 12.5. The molecule has 1 aliphatic rings. The maximum Gasteiger partial charge on any atom is 0.340 e. The first-order valence-electron chi connectivity index (χ1n) is 7.49. The van der Waals surface area contributed by atoms with E-state index in [0.717, 1.165) is 13.0 Å². The molecule has 0 spiro atoms. The summed E-state index contributed by atoms with van der Waals surface area (Å²) in [6.45, 7) is 1.24. The topological polar surface area (TPSA) is 87.7 Å². The van der Waals surface area contributed by atoms with Crippen molar-refractivity contribution in [1.82, 2.24) is 10.6 Å². The van der Waals surface area contributed by atoms with E-state index in [4.69, 9.17) is 4.74 Å². The molecule has 0 radical (unpaired) electrons. The number of nitrogens with zero attached hydrogens (tertiary/aromatic N) is 1. The highest BCUT2D eigenvalue weighted by Crippen LogP contribution is 2.31. The Kier molecular flexibility index (Phi) is 6.12. The Morgan fingerprint density at radius 1 is 1.48 bits per heavy atom. The second-order valence-corrected chi connectivity index (χ2v) is 6.13. The van der Waals surface area contributed by atoms with Gasteiger partial charge in [0.25, 0.3) is 0 Å². The number of rotatable bonds is 7. The first-order valence-corrected chi connectivity index (χ1v) is 8.37. The maximum atomic E-state index is 12.5. The third kappa shape index (κ3) is 4.08. The third-order valence-corrected chi connectivity index (χ3v) is 4.60. The van der Waals surface area contributed by atoms with Gasteiger partial charge in [0.15, 0.2) is 0 Å². The van der Waals surface area contributed by atoms with Gasteiger partial charge in [0.2, 0.25) is 11.8 Å². The fraction of sp³-hybridized carbons (Fsp3) is 0.533. The first-order chi connectivity index (χ1) is 11.1. The Bertz CT molecular complexity index is 587. The second-order valence-electron chi connectivity index (χ2n) is 5.24. The second kappa shape index (κ2) is 8.07. The number of esters is 1. The number of nitrogens with one attached hydrogen (secondary N) is 2. The highest BCUT2D eigenvalue weighted by atomic mass is 32.1. The molecule has 2 heterocycles. The van der Waals surface area contributed by atoms with Crippen molar-refractivity contribution >= 4 is 34.1 Å². The molecule has 7 nitrogen and oxygen atoms in total. The van der Waals surface area contributed by atoms with Crippen LogP contribution in [0.5, 0.6) is 0 Å². The summed E-state index contributed by atoms with van der Waals surface area (Å²) >= 11 is 1.32. The molecular weight excluding hydrogens is 318 g/mol. The summed E-state index contributed by atoms with van der Waals surface area (Å²) in [4.78, 5) is 37.6. The minimum atomic E-state index is -0.523. The van der Waals surface area contributed by atoms with Gasteiger partial charge in [-0.2, -0.15) is 0 Å². The van der Waals surface area contributed by atoms with Gasteiger partial charge in [-0.3, -0.25) is 9.59 Å². The lowest BCUT2D eigenvalue weighted by Crippen LogP contribution is -2.41. The van der Waals surface area contributed by atoms with E-state index in [1.165, 1.54) is 18.4 Å². The van der Waals surface area contributed by atoms with Crippen molar-refractivity contribution in [2.24, 2.45) is 0 Å². The molecule has 0 saturated carbocycles. The summed E-state index contributed by atoms with van der Waals surface area (Å²) in [5.41, 5.74) is 0.381. The summed E-state index contributed by atoms with van der Waals surface area (Å²) in [6, 6.07) is 1.12. The van der Waals surface area contributed by atoms with Crippen molar-refractivity contribution < 1.29 is 19.1 Å². The quantitative estimate of drug-likeness (QED) is 0.565. The Morgan fingerprint density at radius 2 is 2.26 bits per heavy atom. The van der Waals surface area contributed by atoms with Crippen molar-refractivity contribution in [1.29, 1.82) is 0 Å². The molecule has 126 valence electrons. The van der Waals surface area contributed by atoms with Gasteiger partial charge in [-0.05, 0) is 37.9 Å². The molecule has 1 unspecified atom stereocenters. The zero-order chi connectivity index (χ0) is 16.8. The standard InChI is InChI=1S/C15H21N3O4S/c1-16-7-3-4-12(19)17-11-5-8-18(13(11)20)14-10(6-9-23-14)15(21)22-2/h6,9,11,16H,3-5,7-8H2,1-2H3,(H,17,19). The van der Waals surface area contributed by atoms with E-state index in [9.17, 15) is 14.4 Å². The summed E-state index contributed by atoms with van der Waals surface area (Å²) < 4.78 is 4.73. The largest absolute Gasteiger partial charge is 0.465 e. The van der Waals surface area contributed by atoms with Crippen molar-refractivity contribution in [3.63, 3.8) is 0 Å². The van der Waals surface area contributed by atoms with E-state index in [1.54, 1.807) is 16.3 Å². The molecular formula is C15H21N3O4S. The molecule has 2 rings (SSSR count).